The Morgan fingerprint density at radius 1 is 1.19 bits per heavy atom. The van der Waals surface area contributed by atoms with Crippen LogP contribution in [0.3, 0.4) is 0 Å². The van der Waals surface area contributed by atoms with Gasteiger partial charge in [0.1, 0.15) is 17.4 Å². The van der Waals surface area contributed by atoms with Crippen molar-refractivity contribution >= 4 is 28.6 Å². The summed E-state index contributed by atoms with van der Waals surface area (Å²) in [5.74, 6) is 0.873. The molecule has 0 spiro atoms. The fourth-order valence-electron chi connectivity index (χ4n) is 3.28. The minimum atomic E-state index is -0.128. The molecule has 0 unspecified atom stereocenters. The van der Waals surface area contributed by atoms with Crippen LogP contribution in [-0.2, 0) is 11.2 Å². The molecule has 5 nitrogen and oxygen atoms in total. The number of hydrogen-bond acceptors (Lipinski definition) is 3. The molecule has 3 aromatic rings. The second-order valence-corrected chi connectivity index (χ2v) is 7.03. The van der Waals surface area contributed by atoms with E-state index in [1.807, 2.05) is 54.6 Å². The van der Waals surface area contributed by atoms with Gasteiger partial charge in [0.05, 0.1) is 13.2 Å². The van der Waals surface area contributed by atoms with Gasteiger partial charge in [-0.15, -0.1) is 0 Å². The maximum absolute atomic E-state index is 12.5. The third-order valence-electron chi connectivity index (χ3n) is 4.72. The molecule has 1 aromatic heterocycles. The van der Waals surface area contributed by atoms with Gasteiger partial charge in [-0.25, -0.2) is 4.79 Å². The molecule has 4 rings (SSSR count). The number of hydrogen-bond donors (Lipinski definition) is 1. The highest BCUT2D eigenvalue weighted by molar-refractivity contribution is 6.30. The first kappa shape index (κ1) is 17.9. The Bertz CT molecular complexity index is 890. The number of rotatable bonds is 4. The summed E-state index contributed by atoms with van der Waals surface area (Å²) >= 11 is 5.94. The summed E-state index contributed by atoms with van der Waals surface area (Å²) in [7, 11) is 0. The van der Waals surface area contributed by atoms with E-state index >= 15 is 0 Å². The van der Waals surface area contributed by atoms with Crippen molar-refractivity contribution in [1.82, 2.24) is 10.2 Å². The van der Waals surface area contributed by atoms with E-state index in [4.69, 9.17) is 20.8 Å². The highest BCUT2D eigenvalue weighted by Crippen LogP contribution is 2.24. The number of carbonyl (C=O) groups is 1. The minimum Gasteiger partial charge on any atom is -0.461 e. The van der Waals surface area contributed by atoms with E-state index < -0.39 is 0 Å². The van der Waals surface area contributed by atoms with Crippen LogP contribution in [0.5, 0.6) is 0 Å². The molecule has 1 atom stereocenters. The van der Waals surface area contributed by atoms with Crippen LogP contribution in [-0.4, -0.2) is 37.2 Å². The molecule has 0 radical (unpaired) electrons. The van der Waals surface area contributed by atoms with Gasteiger partial charge in [-0.05, 0) is 29.8 Å². The Balaban J connectivity index is 1.30. The molecule has 2 aromatic carbocycles. The lowest BCUT2D eigenvalue weighted by Crippen LogP contribution is -2.47. The van der Waals surface area contributed by atoms with E-state index in [-0.39, 0.29) is 12.1 Å². The Morgan fingerprint density at radius 3 is 2.81 bits per heavy atom. The number of amides is 2. The average Bonchev–Trinajstić information content (AvgIpc) is 3.11. The SMILES string of the molecule is O=C(NCCc1cc2ccccc2o1)N1CCO[C@@H](c2ccc(Cl)cc2)C1. The van der Waals surface area contributed by atoms with Gasteiger partial charge in [0.25, 0.3) is 0 Å². The highest BCUT2D eigenvalue weighted by Gasteiger charge is 2.25. The molecule has 27 heavy (non-hydrogen) atoms. The number of benzene rings is 2. The zero-order chi connectivity index (χ0) is 18.6. The lowest BCUT2D eigenvalue weighted by atomic mass is 10.1. The van der Waals surface area contributed by atoms with Crippen molar-refractivity contribution in [2.24, 2.45) is 0 Å². The van der Waals surface area contributed by atoms with Gasteiger partial charge in [0.2, 0.25) is 0 Å². The fourth-order valence-corrected chi connectivity index (χ4v) is 3.40. The third-order valence-corrected chi connectivity index (χ3v) is 4.97. The molecule has 1 aliphatic rings. The molecule has 6 heteroatoms. The van der Waals surface area contributed by atoms with Crippen molar-refractivity contribution in [2.75, 3.05) is 26.2 Å². The minimum absolute atomic E-state index is 0.0756. The summed E-state index contributed by atoms with van der Waals surface area (Å²) in [6, 6.07) is 17.4. The van der Waals surface area contributed by atoms with Crippen LogP contribution in [0.25, 0.3) is 11.0 Å². The molecular formula is C21H21ClN2O3. The molecular weight excluding hydrogens is 364 g/mol. The number of morpholine rings is 1. The monoisotopic (exact) mass is 384 g/mol. The number of furan rings is 1. The summed E-state index contributed by atoms with van der Waals surface area (Å²) in [4.78, 5) is 14.3. The molecule has 0 aliphatic carbocycles. The third kappa shape index (κ3) is 4.26. The Kier molecular flexibility index (Phi) is 5.32. The van der Waals surface area contributed by atoms with E-state index in [1.165, 1.54) is 0 Å². The summed E-state index contributed by atoms with van der Waals surface area (Å²) in [6.07, 6.45) is 0.530. The summed E-state index contributed by atoms with van der Waals surface area (Å²) < 4.78 is 11.6. The van der Waals surface area contributed by atoms with Crippen molar-refractivity contribution in [2.45, 2.75) is 12.5 Å². The second-order valence-electron chi connectivity index (χ2n) is 6.59. The van der Waals surface area contributed by atoms with Gasteiger partial charge < -0.3 is 19.4 Å². The maximum atomic E-state index is 12.5. The van der Waals surface area contributed by atoms with Crippen molar-refractivity contribution in [3.05, 3.63) is 70.9 Å². The van der Waals surface area contributed by atoms with Gasteiger partial charge in [-0.1, -0.05) is 41.9 Å². The molecule has 1 fully saturated rings. The Morgan fingerprint density at radius 2 is 2.00 bits per heavy atom. The van der Waals surface area contributed by atoms with Crippen LogP contribution in [0.15, 0.2) is 59.0 Å². The van der Waals surface area contributed by atoms with Gasteiger partial charge in [-0.2, -0.15) is 0 Å². The molecule has 2 heterocycles. The number of para-hydroxylation sites is 1. The van der Waals surface area contributed by atoms with Crippen molar-refractivity contribution in [3.8, 4) is 0 Å². The number of urea groups is 1. The smallest absolute Gasteiger partial charge is 0.317 e. The van der Waals surface area contributed by atoms with Crippen molar-refractivity contribution in [1.29, 1.82) is 0 Å². The first-order valence-corrected chi connectivity index (χ1v) is 9.44. The van der Waals surface area contributed by atoms with E-state index in [9.17, 15) is 4.79 Å². The number of ether oxygens (including phenoxy) is 1. The van der Waals surface area contributed by atoms with Crippen molar-refractivity contribution < 1.29 is 13.9 Å². The van der Waals surface area contributed by atoms with Gasteiger partial charge in [-0.3, -0.25) is 0 Å². The molecule has 1 saturated heterocycles. The topological polar surface area (TPSA) is 54.7 Å². The molecule has 140 valence electrons. The molecule has 0 bridgehead atoms. The Labute approximate surface area is 162 Å². The number of fused-ring (bicyclic) bond motifs is 1. The Hall–Kier alpha value is -2.50. The predicted molar refractivity (Wildman–Crippen MR) is 105 cm³/mol. The van der Waals surface area contributed by atoms with Crippen LogP contribution < -0.4 is 5.32 Å². The summed E-state index contributed by atoms with van der Waals surface area (Å²) in [5.41, 5.74) is 1.90. The van der Waals surface area contributed by atoms with E-state index in [0.29, 0.717) is 37.7 Å². The fraction of sp³-hybridized carbons (Fsp3) is 0.286. The van der Waals surface area contributed by atoms with E-state index in [2.05, 4.69) is 5.32 Å². The lowest BCUT2D eigenvalue weighted by Gasteiger charge is -2.33. The summed E-state index contributed by atoms with van der Waals surface area (Å²) in [5, 5.41) is 4.75. The van der Waals surface area contributed by atoms with E-state index in [0.717, 1.165) is 22.3 Å². The highest BCUT2D eigenvalue weighted by atomic mass is 35.5. The number of halogens is 1. The van der Waals surface area contributed by atoms with Crippen LogP contribution >= 0.6 is 11.6 Å². The van der Waals surface area contributed by atoms with Gasteiger partial charge in [0.15, 0.2) is 0 Å². The normalized spacial score (nSPS) is 17.2. The van der Waals surface area contributed by atoms with Crippen LogP contribution in [0.2, 0.25) is 5.02 Å². The zero-order valence-electron chi connectivity index (χ0n) is 14.9. The standard InChI is InChI=1S/C21H21ClN2O3/c22-17-7-5-15(6-8-17)20-14-24(11-12-26-20)21(25)23-10-9-18-13-16-3-1-2-4-19(16)27-18/h1-8,13,20H,9-12,14H2,(H,23,25)/t20-/m1/s1. The van der Waals surface area contributed by atoms with Gasteiger partial charge in [0, 0.05) is 29.9 Å². The molecule has 1 N–H and O–H groups in total. The van der Waals surface area contributed by atoms with Crippen molar-refractivity contribution in [3.63, 3.8) is 0 Å². The molecule has 1 aliphatic heterocycles. The number of nitrogens with zero attached hydrogens (tertiary/aromatic N) is 1. The number of carbonyl (C=O) groups excluding carboxylic acids is 1. The predicted octanol–water partition coefficient (Wildman–Crippen LogP) is 4.41. The first-order chi connectivity index (χ1) is 13.2. The van der Waals surface area contributed by atoms with Crippen LogP contribution in [0.4, 0.5) is 4.79 Å². The zero-order valence-corrected chi connectivity index (χ0v) is 15.6. The largest absolute Gasteiger partial charge is 0.461 e. The molecule has 0 saturated carbocycles. The first-order valence-electron chi connectivity index (χ1n) is 9.06. The summed E-state index contributed by atoms with van der Waals surface area (Å²) in [6.45, 7) is 2.16. The number of nitrogens with one attached hydrogen (secondary N) is 1. The van der Waals surface area contributed by atoms with Crippen LogP contribution in [0.1, 0.15) is 17.4 Å². The maximum Gasteiger partial charge on any atom is 0.317 e. The second kappa shape index (κ2) is 8.03. The van der Waals surface area contributed by atoms with Crippen LogP contribution in [0, 0.1) is 0 Å². The van der Waals surface area contributed by atoms with E-state index in [1.54, 1.807) is 4.90 Å². The molecule has 2 amide bonds. The van der Waals surface area contributed by atoms with Gasteiger partial charge >= 0.3 is 6.03 Å². The lowest BCUT2D eigenvalue weighted by molar-refractivity contribution is -0.0154. The quantitative estimate of drug-likeness (QED) is 0.724. The average molecular weight is 385 g/mol.